The molecule has 1 unspecified atom stereocenters. The standard InChI is InChI=1S/C33H43ClFN3O5/c1-33(2,24-9-6-10-25(34)19-24)29(22-11-13-26(35)14-12-22)43-32(42)38-28(17-21-7-4-3-5-8-21)31(41)37-27(20-39)18-23-15-16-36-30(23)40/h6,9-14,19,21,23,27-29,39H,3-5,7-8,15-18,20H2,1-2H3,(H,36,40)(H,37,41)(H,38,42)/t23-,27-,28-,29?/m0/s1. The highest BCUT2D eigenvalue weighted by molar-refractivity contribution is 6.30. The number of aliphatic hydroxyl groups is 1. The fraction of sp³-hybridized carbons (Fsp3) is 0.545. The first-order valence-corrected chi connectivity index (χ1v) is 15.6. The van der Waals surface area contributed by atoms with Crippen LogP contribution in [0.25, 0.3) is 0 Å². The van der Waals surface area contributed by atoms with Gasteiger partial charge in [-0.3, -0.25) is 9.59 Å². The van der Waals surface area contributed by atoms with Crippen molar-refractivity contribution in [3.8, 4) is 0 Å². The Morgan fingerprint density at radius 2 is 1.79 bits per heavy atom. The maximum Gasteiger partial charge on any atom is 0.408 e. The normalized spacial score (nSPS) is 19.7. The predicted molar refractivity (Wildman–Crippen MR) is 163 cm³/mol. The molecule has 0 bridgehead atoms. The molecule has 0 spiro atoms. The highest BCUT2D eigenvalue weighted by Gasteiger charge is 2.38. The van der Waals surface area contributed by atoms with E-state index in [1.54, 1.807) is 24.3 Å². The number of amides is 3. The first-order chi connectivity index (χ1) is 20.6. The molecule has 4 atom stereocenters. The van der Waals surface area contributed by atoms with Gasteiger partial charge < -0.3 is 25.8 Å². The quantitative estimate of drug-likeness (QED) is 0.249. The summed E-state index contributed by atoms with van der Waals surface area (Å²) in [5, 5.41) is 19.0. The van der Waals surface area contributed by atoms with E-state index in [0.717, 1.165) is 37.7 Å². The summed E-state index contributed by atoms with van der Waals surface area (Å²) >= 11 is 6.29. The SMILES string of the molecule is CC(C)(c1cccc(Cl)c1)C(OC(=O)N[C@@H](CC1CCCCC1)C(=O)N[C@H](CO)C[C@@H]1CCNC1=O)c1ccc(F)cc1. The number of carbonyl (C=O) groups is 3. The predicted octanol–water partition coefficient (Wildman–Crippen LogP) is 5.57. The van der Waals surface area contributed by atoms with Crippen LogP contribution < -0.4 is 16.0 Å². The smallest absolute Gasteiger partial charge is 0.408 e. The molecule has 43 heavy (non-hydrogen) atoms. The Labute approximate surface area is 258 Å². The Morgan fingerprint density at radius 3 is 2.42 bits per heavy atom. The lowest BCUT2D eigenvalue weighted by Crippen LogP contribution is -2.52. The second kappa shape index (κ2) is 15.0. The van der Waals surface area contributed by atoms with E-state index in [1.807, 2.05) is 26.0 Å². The monoisotopic (exact) mass is 615 g/mol. The van der Waals surface area contributed by atoms with Crippen molar-refractivity contribution in [3.05, 3.63) is 70.5 Å². The van der Waals surface area contributed by atoms with Crippen molar-refractivity contribution in [1.82, 2.24) is 16.0 Å². The van der Waals surface area contributed by atoms with Gasteiger partial charge in [0, 0.05) is 22.9 Å². The zero-order valence-corrected chi connectivity index (χ0v) is 25.7. The van der Waals surface area contributed by atoms with E-state index < -0.39 is 41.4 Å². The zero-order valence-electron chi connectivity index (χ0n) is 24.9. The van der Waals surface area contributed by atoms with E-state index in [4.69, 9.17) is 16.3 Å². The molecular weight excluding hydrogens is 573 g/mol. The van der Waals surface area contributed by atoms with Gasteiger partial charge in [-0.2, -0.15) is 0 Å². The Balaban J connectivity index is 1.53. The fourth-order valence-electron chi connectivity index (χ4n) is 6.28. The van der Waals surface area contributed by atoms with Gasteiger partial charge in [-0.1, -0.05) is 81.8 Å². The number of nitrogens with one attached hydrogen (secondary N) is 3. The Hall–Kier alpha value is -3.17. The molecule has 0 radical (unpaired) electrons. The summed E-state index contributed by atoms with van der Waals surface area (Å²) in [6.07, 6.45) is 4.99. The van der Waals surface area contributed by atoms with Crippen LogP contribution in [0.1, 0.15) is 82.4 Å². The molecule has 8 nitrogen and oxygen atoms in total. The first kappa shape index (κ1) is 32.7. The van der Waals surface area contributed by atoms with Gasteiger partial charge in [0.1, 0.15) is 18.0 Å². The van der Waals surface area contributed by atoms with Gasteiger partial charge in [-0.15, -0.1) is 0 Å². The summed E-state index contributed by atoms with van der Waals surface area (Å²) in [5.74, 6) is -0.939. The van der Waals surface area contributed by atoms with Crippen molar-refractivity contribution in [3.63, 3.8) is 0 Å². The van der Waals surface area contributed by atoms with E-state index in [1.165, 1.54) is 12.1 Å². The van der Waals surface area contributed by atoms with Crippen LogP contribution in [0.4, 0.5) is 9.18 Å². The van der Waals surface area contributed by atoms with Crippen LogP contribution in [0, 0.1) is 17.7 Å². The van der Waals surface area contributed by atoms with Gasteiger partial charge in [-0.25, -0.2) is 9.18 Å². The molecule has 4 rings (SSSR count). The van der Waals surface area contributed by atoms with E-state index >= 15 is 0 Å². The van der Waals surface area contributed by atoms with Crippen LogP contribution in [0.3, 0.4) is 0 Å². The molecule has 4 N–H and O–H groups in total. The summed E-state index contributed by atoms with van der Waals surface area (Å²) in [6.45, 7) is 4.08. The zero-order chi connectivity index (χ0) is 31.0. The van der Waals surface area contributed by atoms with Crippen LogP contribution in [0.5, 0.6) is 0 Å². The third kappa shape index (κ3) is 8.92. The van der Waals surface area contributed by atoms with Crippen molar-refractivity contribution in [2.75, 3.05) is 13.2 Å². The van der Waals surface area contributed by atoms with Gasteiger partial charge in [0.15, 0.2) is 0 Å². The molecule has 3 amide bonds. The van der Waals surface area contributed by atoms with Gasteiger partial charge in [0.05, 0.1) is 12.6 Å². The van der Waals surface area contributed by atoms with Crippen molar-refractivity contribution in [2.24, 2.45) is 11.8 Å². The van der Waals surface area contributed by atoms with Crippen LogP contribution in [-0.4, -0.2) is 48.2 Å². The minimum Gasteiger partial charge on any atom is -0.440 e. The minimum atomic E-state index is -0.898. The molecular formula is C33H43ClFN3O5. The molecule has 234 valence electrons. The molecule has 2 aromatic rings. The summed E-state index contributed by atoms with van der Waals surface area (Å²) < 4.78 is 19.9. The van der Waals surface area contributed by atoms with Crippen LogP contribution >= 0.6 is 11.6 Å². The van der Waals surface area contributed by atoms with Gasteiger partial charge in [0.2, 0.25) is 11.8 Å². The van der Waals surface area contributed by atoms with Gasteiger partial charge >= 0.3 is 6.09 Å². The Bertz CT molecular complexity index is 1250. The summed E-state index contributed by atoms with van der Waals surface area (Å²) in [6, 6.07) is 11.5. The maximum atomic E-state index is 13.8. The number of carbonyl (C=O) groups excluding carboxylic acids is 3. The average molecular weight is 616 g/mol. The van der Waals surface area contributed by atoms with Crippen molar-refractivity contribution >= 4 is 29.5 Å². The third-order valence-corrected chi connectivity index (χ3v) is 9.06. The van der Waals surface area contributed by atoms with Crippen molar-refractivity contribution < 1.29 is 28.6 Å². The van der Waals surface area contributed by atoms with Crippen LogP contribution in [-0.2, 0) is 19.7 Å². The molecule has 10 heteroatoms. The van der Waals surface area contributed by atoms with E-state index in [-0.39, 0.29) is 24.3 Å². The molecule has 0 aromatic heterocycles. The minimum absolute atomic E-state index is 0.0812. The Morgan fingerprint density at radius 1 is 1.07 bits per heavy atom. The lowest BCUT2D eigenvalue weighted by Gasteiger charge is -2.35. The number of ether oxygens (including phenoxy) is 1. The first-order valence-electron chi connectivity index (χ1n) is 15.2. The molecule has 2 aliphatic rings. The second-order valence-corrected chi connectivity index (χ2v) is 12.8. The van der Waals surface area contributed by atoms with Gasteiger partial charge in [-0.05, 0) is 60.6 Å². The molecule has 1 saturated heterocycles. The van der Waals surface area contributed by atoms with Crippen LogP contribution in [0.15, 0.2) is 48.5 Å². The number of benzene rings is 2. The fourth-order valence-corrected chi connectivity index (χ4v) is 6.47. The third-order valence-electron chi connectivity index (χ3n) is 8.82. The molecule has 2 aromatic carbocycles. The number of hydrogen-bond donors (Lipinski definition) is 4. The number of alkyl carbamates (subject to hydrolysis) is 1. The highest BCUT2D eigenvalue weighted by Crippen LogP contribution is 2.40. The van der Waals surface area contributed by atoms with E-state index in [0.29, 0.717) is 36.4 Å². The van der Waals surface area contributed by atoms with Crippen LogP contribution in [0.2, 0.25) is 5.02 Å². The summed E-state index contributed by atoms with van der Waals surface area (Å²) in [7, 11) is 0. The number of halogens is 2. The molecule has 2 fully saturated rings. The number of hydrogen-bond acceptors (Lipinski definition) is 5. The average Bonchev–Trinajstić information content (AvgIpc) is 3.40. The maximum absolute atomic E-state index is 13.8. The largest absolute Gasteiger partial charge is 0.440 e. The lowest BCUT2D eigenvalue weighted by molar-refractivity contribution is -0.126. The molecule has 1 saturated carbocycles. The molecule has 1 heterocycles. The summed E-state index contributed by atoms with van der Waals surface area (Å²) in [5.41, 5.74) is 0.635. The topological polar surface area (TPSA) is 117 Å². The summed E-state index contributed by atoms with van der Waals surface area (Å²) in [4.78, 5) is 39.2. The lowest BCUT2D eigenvalue weighted by atomic mass is 9.76. The van der Waals surface area contributed by atoms with E-state index in [2.05, 4.69) is 16.0 Å². The molecule has 1 aliphatic carbocycles. The number of aliphatic hydroxyl groups excluding tert-OH is 1. The highest BCUT2D eigenvalue weighted by atomic mass is 35.5. The van der Waals surface area contributed by atoms with E-state index in [9.17, 15) is 23.9 Å². The second-order valence-electron chi connectivity index (χ2n) is 12.4. The number of rotatable bonds is 12. The van der Waals surface area contributed by atoms with Gasteiger partial charge in [0.25, 0.3) is 0 Å². The van der Waals surface area contributed by atoms with Crippen molar-refractivity contribution in [2.45, 2.75) is 88.8 Å². The Kier molecular flexibility index (Phi) is 11.4. The molecule has 1 aliphatic heterocycles. The van der Waals surface area contributed by atoms with Crippen molar-refractivity contribution in [1.29, 1.82) is 0 Å².